The average molecular weight is 536 g/mol. The summed E-state index contributed by atoms with van der Waals surface area (Å²) in [5.74, 6) is 0. The Hall–Kier alpha value is -5.53. The molecule has 0 saturated carbocycles. The zero-order chi connectivity index (χ0) is 28.5. The van der Waals surface area contributed by atoms with Gasteiger partial charge >= 0.3 is 0 Å². The summed E-state index contributed by atoms with van der Waals surface area (Å²) in [4.78, 5) is 0. The molecule has 1 heteroatoms. The predicted molar refractivity (Wildman–Crippen MR) is 181 cm³/mol. The van der Waals surface area contributed by atoms with E-state index in [1.807, 2.05) is 12.1 Å². The summed E-state index contributed by atoms with van der Waals surface area (Å²) in [7, 11) is 0. The Morgan fingerprint density at radius 1 is 0.452 bits per heavy atom. The van der Waals surface area contributed by atoms with Crippen LogP contribution in [0.1, 0.15) is 0 Å². The van der Waals surface area contributed by atoms with E-state index < -0.39 is 0 Å². The van der Waals surface area contributed by atoms with Crippen molar-refractivity contribution in [1.29, 1.82) is 5.41 Å². The molecule has 0 aliphatic carbocycles. The highest BCUT2D eigenvalue weighted by atomic mass is 14.3. The molecule has 0 aliphatic rings. The second kappa shape index (κ2) is 10.8. The van der Waals surface area contributed by atoms with Crippen molar-refractivity contribution in [3.05, 3.63) is 156 Å². The summed E-state index contributed by atoms with van der Waals surface area (Å²) in [6.07, 6.45) is 3.25. The minimum Gasteiger partial charge on any atom is -0.309 e. The molecule has 0 spiro atoms. The zero-order valence-electron chi connectivity index (χ0n) is 23.2. The van der Waals surface area contributed by atoms with E-state index in [0.29, 0.717) is 0 Å². The van der Waals surface area contributed by atoms with Gasteiger partial charge in [0.05, 0.1) is 0 Å². The molecule has 0 unspecified atom stereocenters. The van der Waals surface area contributed by atoms with Crippen molar-refractivity contribution < 1.29 is 0 Å². The van der Waals surface area contributed by atoms with Gasteiger partial charge in [-0.25, -0.2) is 0 Å². The predicted octanol–water partition coefficient (Wildman–Crippen LogP) is 9.50. The summed E-state index contributed by atoms with van der Waals surface area (Å²) in [5, 5.41) is 14.7. The van der Waals surface area contributed by atoms with Crippen molar-refractivity contribution in [1.82, 2.24) is 0 Å². The summed E-state index contributed by atoms with van der Waals surface area (Å²) in [6, 6.07) is 51.5. The van der Waals surface area contributed by atoms with Crippen molar-refractivity contribution in [3.8, 4) is 44.5 Å². The van der Waals surface area contributed by atoms with Crippen LogP contribution in [0.5, 0.6) is 0 Å². The quantitative estimate of drug-likeness (QED) is 0.212. The summed E-state index contributed by atoms with van der Waals surface area (Å²) in [6.45, 7) is 4.62. The van der Waals surface area contributed by atoms with Crippen LogP contribution in [0.4, 0.5) is 0 Å². The zero-order valence-corrected chi connectivity index (χ0v) is 23.2. The number of nitrogens with one attached hydrogen (secondary N) is 1. The fourth-order valence-electron chi connectivity index (χ4n) is 6.20. The van der Waals surface area contributed by atoms with Crippen LogP contribution in [0.3, 0.4) is 0 Å². The fraction of sp³-hybridized carbons (Fsp3) is 0. The lowest BCUT2D eigenvalue weighted by molar-refractivity contribution is 1.52. The molecule has 0 atom stereocenters. The lowest BCUT2D eigenvalue weighted by atomic mass is 9.87. The maximum Gasteiger partial charge on any atom is 0.0184 e. The number of hydrogen-bond acceptors (Lipinski definition) is 1. The maximum atomic E-state index is 8.04. The number of benzene rings is 7. The molecule has 42 heavy (non-hydrogen) atoms. The first-order valence-corrected chi connectivity index (χ1v) is 14.2. The molecular formula is C41H29N. The van der Waals surface area contributed by atoms with Gasteiger partial charge in [-0.2, -0.15) is 0 Å². The Balaban J connectivity index is 1.43. The molecular weight excluding hydrogens is 506 g/mol. The molecule has 7 aromatic carbocycles. The molecule has 0 radical (unpaired) electrons. The maximum absolute atomic E-state index is 8.04. The molecule has 0 saturated heterocycles. The van der Waals surface area contributed by atoms with Gasteiger partial charge in [0, 0.05) is 6.21 Å². The second-order valence-electron chi connectivity index (χ2n) is 10.6. The van der Waals surface area contributed by atoms with Crippen LogP contribution >= 0.6 is 0 Å². The van der Waals surface area contributed by atoms with Crippen molar-refractivity contribution in [2.45, 2.75) is 0 Å². The number of rotatable bonds is 5. The van der Waals surface area contributed by atoms with Gasteiger partial charge in [0.1, 0.15) is 0 Å². The molecule has 0 aromatic heterocycles. The molecule has 0 amide bonds. The topological polar surface area (TPSA) is 23.9 Å². The summed E-state index contributed by atoms with van der Waals surface area (Å²) >= 11 is 0. The van der Waals surface area contributed by atoms with Gasteiger partial charge in [-0.05, 0) is 88.6 Å². The first kappa shape index (κ1) is 25.4. The lowest BCUT2D eigenvalue weighted by Gasteiger charge is -2.16. The second-order valence-corrected chi connectivity index (χ2v) is 10.6. The Kier molecular flexibility index (Phi) is 6.54. The van der Waals surface area contributed by atoms with Crippen LogP contribution in [-0.2, 0) is 0 Å². The highest BCUT2D eigenvalue weighted by Crippen LogP contribution is 2.35. The molecule has 198 valence electrons. The van der Waals surface area contributed by atoms with Gasteiger partial charge in [-0.15, -0.1) is 0 Å². The molecule has 0 heterocycles. The third-order valence-electron chi connectivity index (χ3n) is 8.14. The van der Waals surface area contributed by atoms with E-state index in [2.05, 4.69) is 146 Å². The summed E-state index contributed by atoms with van der Waals surface area (Å²) < 4.78 is 0. The third kappa shape index (κ3) is 4.42. The standard InChI is InChI=1S/C41H29N/c1-28-35(25-26-42)41(34-16-9-15-33(27-34)29-11-3-2-4-12-29)39-19-8-7-18-38(39)40(28)32-23-21-31(22-24-32)37-20-10-14-30-13-5-6-17-36(30)37/h2-27,42H,1H2/b35-25+,42-26?. The van der Waals surface area contributed by atoms with Crippen molar-refractivity contribution >= 4 is 40.4 Å². The largest absolute Gasteiger partial charge is 0.309 e. The first-order valence-electron chi connectivity index (χ1n) is 14.2. The van der Waals surface area contributed by atoms with Crippen molar-refractivity contribution in [2.24, 2.45) is 0 Å². The van der Waals surface area contributed by atoms with Gasteiger partial charge in [0.2, 0.25) is 0 Å². The van der Waals surface area contributed by atoms with E-state index in [1.54, 1.807) is 0 Å². The Morgan fingerprint density at radius 2 is 1.02 bits per heavy atom. The third-order valence-corrected chi connectivity index (χ3v) is 8.14. The normalized spacial score (nSPS) is 11.7. The van der Waals surface area contributed by atoms with Crippen LogP contribution in [-0.4, -0.2) is 6.21 Å². The van der Waals surface area contributed by atoms with Gasteiger partial charge in [0.25, 0.3) is 0 Å². The summed E-state index contributed by atoms with van der Waals surface area (Å²) in [5.41, 5.74) is 9.19. The van der Waals surface area contributed by atoms with E-state index in [-0.39, 0.29) is 0 Å². The van der Waals surface area contributed by atoms with Crippen LogP contribution in [0, 0.1) is 5.41 Å². The van der Waals surface area contributed by atoms with Crippen LogP contribution < -0.4 is 10.4 Å². The van der Waals surface area contributed by atoms with E-state index in [4.69, 9.17) is 5.41 Å². The Labute approximate surface area is 245 Å². The smallest absolute Gasteiger partial charge is 0.0184 e. The molecule has 0 aliphatic heterocycles. The van der Waals surface area contributed by atoms with Crippen molar-refractivity contribution in [2.75, 3.05) is 0 Å². The minimum atomic E-state index is 0.926. The average Bonchev–Trinajstić information content (AvgIpc) is 3.06. The van der Waals surface area contributed by atoms with Gasteiger partial charge < -0.3 is 5.41 Å². The number of hydrogen-bond donors (Lipinski definition) is 1. The Morgan fingerprint density at radius 3 is 1.79 bits per heavy atom. The number of fused-ring (bicyclic) bond motifs is 2. The Bertz CT molecular complexity index is 2200. The van der Waals surface area contributed by atoms with Gasteiger partial charge in [-0.1, -0.05) is 146 Å². The van der Waals surface area contributed by atoms with Gasteiger partial charge in [0.15, 0.2) is 0 Å². The van der Waals surface area contributed by atoms with E-state index in [9.17, 15) is 0 Å². The first-order chi connectivity index (χ1) is 20.7. The van der Waals surface area contributed by atoms with Crippen LogP contribution in [0.15, 0.2) is 146 Å². The molecule has 0 fully saturated rings. The monoisotopic (exact) mass is 535 g/mol. The van der Waals surface area contributed by atoms with Crippen molar-refractivity contribution in [3.63, 3.8) is 0 Å². The van der Waals surface area contributed by atoms with Crippen LogP contribution in [0.2, 0.25) is 0 Å². The van der Waals surface area contributed by atoms with Crippen LogP contribution in [0.25, 0.3) is 78.7 Å². The molecule has 1 nitrogen and oxygen atoms in total. The molecule has 1 N–H and O–H groups in total. The fourth-order valence-corrected chi connectivity index (χ4v) is 6.20. The highest BCUT2D eigenvalue weighted by Gasteiger charge is 2.15. The van der Waals surface area contributed by atoms with E-state index in [1.165, 1.54) is 33.7 Å². The van der Waals surface area contributed by atoms with E-state index in [0.717, 1.165) is 49.0 Å². The molecule has 7 aromatic rings. The molecule has 7 rings (SSSR count). The lowest BCUT2D eigenvalue weighted by Crippen LogP contribution is -2.28. The minimum absolute atomic E-state index is 0.926. The molecule has 0 bridgehead atoms. The van der Waals surface area contributed by atoms with E-state index >= 15 is 0 Å². The highest BCUT2D eigenvalue weighted by molar-refractivity contribution is 6.07. The van der Waals surface area contributed by atoms with Gasteiger partial charge in [-0.3, -0.25) is 0 Å². The SMILES string of the molecule is C=c1c(-c2ccc(-c3cccc4ccccc34)cc2)c2ccccc2c(-c2cccc(-c3ccccc3)c2)/c1=C/C=N.